The summed E-state index contributed by atoms with van der Waals surface area (Å²) < 4.78 is 42.1. The first kappa shape index (κ1) is 20.5. The van der Waals surface area contributed by atoms with Crippen LogP contribution in [-0.2, 0) is 17.4 Å². The van der Waals surface area contributed by atoms with Crippen LogP contribution in [0.2, 0.25) is 0 Å². The van der Waals surface area contributed by atoms with Gasteiger partial charge >= 0.3 is 6.18 Å². The van der Waals surface area contributed by atoms with Gasteiger partial charge in [0, 0.05) is 25.6 Å². The van der Waals surface area contributed by atoms with E-state index in [-0.39, 0.29) is 0 Å². The van der Waals surface area contributed by atoms with Gasteiger partial charge in [0.05, 0.1) is 18.2 Å². The first-order valence-corrected chi connectivity index (χ1v) is 8.74. The molecular weight excluding hydrogens is 385 g/mol. The summed E-state index contributed by atoms with van der Waals surface area (Å²) in [7, 11) is 1.32. The average Bonchev–Trinajstić information content (AvgIpc) is 3.13. The molecule has 3 aromatic rings. The van der Waals surface area contributed by atoms with Crippen LogP contribution in [0.4, 0.5) is 13.2 Å². The van der Waals surface area contributed by atoms with E-state index < -0.39 is 36.0 Å². The second-order valence-electron chi connectivity index (χ2n) is 6.56. The molecule has 1 aromatic carbocycles. The molecule has 0 bridgehead atoms. The second-order valence-corrected chi connectivity index (χ2v) is 6.56. The zero-order valence-electron chi connectivity index (χ0n) is 15.5. The third-order valence-electron chi connectivity index (χ3n) is 4.50. The summed E-state index contributed by atoms with van der Waals surface area (Å²) in [5.41, 5.74) is -2.33. The molecule has 6 nitrogen and oxygen atoms in total. The zero-order valence-corrected chi connectivity index (χ0v) is 15.5. The molecule has 0 radical (unpaired) electrons. The summed E-state index contributed by atoms with van der Waals surface area (Å²) in [6.07, 6.45) is -2.42. The summed E-state index contributed by atoms with van der Waals surface area (Å²) in [6, 6.07) is 13.0. The van der Waals surface area contributed by atoms with Gasteiger partial charge < -0.3 is 15.0 Å². The number of hydrogen-bond donors (Lipinski definition) is 2. The highest BCUT2D eigenvalue weighted by Crippen LogP contribution is 2.40. The lowest BCUT2D eigenvalue weighted by Gasteiger charge is -2.30. The molecule has 29 heavy (non-hydrogen) atoms. The van der Waals surface area contributed by atoms with E-state index in [0.717, 1.165) is 10.8 Å². The number of alkyl halides is 3. The monoisotopic (exact) mass is 404 g/mol. The Bertz CT molecular complexity index is 921. The van der Waals surface area contributed by atoms with Gasteiger partial charge in [-0.2, -0.15) is 13.2 Å². The number of benzene rings is 1. The van der Waals surface area contributed by atoms with Crippen molar-refractivity contribution >= 4 is 5.91 Å². The normalized spacial score (nSPS) is 14.8. The lowest BCUT2D eigenvalue weighted by Crippen LogP contribution is -2.48. The molecular formula is C20H19F3N4O2. The molecule has 0 fully saturated rings. The van der Waals surface area contributed by atoms with Crippen molar-refractivity contribution in [2.75, 3.05) is 0 Å². The first-order valence-electron chi connectivity index (χ1n) is 8.74. The maximum absolute atomic E-state index is 13.7. The van der Waals surface area contributed by atoms with Crippen LogP contribution >= 0.6 is 0 Å². The highest BCUT2D eigenvalue weighted by atomic mass is 19.4. The Labute approximate surface area is 165 Å². The molecule has 152 valence electrons. The fraction of sp³-hybridized carbons (Fsp3) is 0.250. The molecule has 0 aliphatic heterocycles. The summed E-state index contributed by atoms with van der Waals surface area (Å²) in [5, 5.41) is 13.0. The van der Waals surface area contributed by atoms with Crippen molar-refractivity contribution in [3.63, 3.8) is 0 Å². The third-order valence-corrected chi connectivity index (χ3v) is 4.50. The SMILES string of the molecule is Cn1ccnc1C(O)(CC(=O)NC(c1ccccc1)c1ccccn1)C(F)(F)F. The molecule has 9 heteroatoms. The number of aryl methyl sites for hydroxylation is 1. The van der Waals surface area contributed by atoms with E-state index in [1.165, 1.54) is 19.4 Å². The Morgan fingerprint density at radius 3 is 2.34 bits per heavy atom. The highest BCUT2D eigenvalue weighted by molar-refractivity contribution is 5.78. The van der Waals surface area contributed by atoms with Crippen LogP contribution in [0.5, 0.6) is 0 Å². The number of amides is 1. The third kappa shape index (κ3) is 4.29. The average molecular weight is 404 g/mol. The van der Waals surface area contributed by atoms with E-state index in [1.807, 2.05) is 0 Å². The van der Waals surface area contributed by atoms with Gasteiger partial charge in [-0.3, -0.25) is 9.78 Å². The molecule has 0 aliphatic rings. The van der Waals surface area contributed by atoms with Crippen molar-refractivity contribution in [2.24, 2.45) is 7.05 Å². The second kappa shape index (κ2) is 8.04. The number of aliphatic hydroxyl groups is 1. The molecule has 0 aliphatic carbocycles. The zero-order chi connectivity index (χ0) is 21.1. The van der Waals surface area contributed by atoms with E-state index in [2.05, 4.69) is 15.3 Å². The molecule has 3 rings (SSSR count). The summed E-state index contributed by atoms with van der Waals surface area (Å²) in [5.74, 6) is -1.65. The number of imidazole rings is 1. The van der Waals surface area contributed by atoms with Crippen LogP contribution in [0.15, 0.2) is 67.1 Å². The molecule has 2 N–H and O–H groups in total. The standard InChI is InChI=1S/C20H19F3N4O2/c1-27-12-11-25-18(27)19(29,20(21,22)23)13-16(28)26-17(14-7-3-2-4-8-14)15-9-5-6-10-24-15/h2-12,17,29H,13H2,1H3,(H,26,28). The number of nitrogens with one attached hydrogen (secondary N) is 1. The Kier molecular flexibility index (Phi) is 5.69. The van der Waals surface area contributed by atoms with Crippen LogP contribution < -0.4 is 5.32 Å². The van der Waals surface area contributed by atoms with Crippen molar-refractivity contribution in [2.45, 2.75) is 24.2 Å². The number of rotatable bonds is 6. The predicted molar refractivity (Wildman–Crippen MR) is 98.4 cm³/mol. The summed E-state index contributed by atoms with van der Waals surface area (Å²) in [6.45, 7) is 0. The Balaban J connectivity index is 1.91. The fourth-order valence-corrected chi connectivity index (χ4v) is 3.03. The van der Waals surface area contributed by atoms with E-state index >= 15 is 0 Å². The minimum atomic E-state index is -5.10. The molecule has 2 atom stereocenters. The molecule has 0 saturated carbocycles. The van der Waals surface area contributed by atoms with Crippen LogP contribution in [-0.4, -0.2) is 31.7 Å². The molecule has 1 amide bonds. The molecule has 2 unspecified atom stereocenters. The Hall–Kier alpha value is -3.20. The van der Waals surface area contributed by atoms with Crippen LogP contribution in [0.1, 0.15) is 29.5 Å². The smallest absolute Gasteiger partial charge is 0.374 e. The lowest BCUT2D eigenvalue weighted by molar-refractivity contribution is -0.271. The van der Waals surface area contributed by atoms with Gasteiger partial charge in [-0.15, -0.1) is 0 Å². The van der Waals surface area contributed by atoms with Crippen LogP contribution in [0, 0.1) is 0 Å². The number of carbonyl (C=O) groups is 1. The van der Waals surface area contributed by atoms with Gasteiger partial charge in [0.15, 0.2) is 5.82 Å². The Morgan fingerprint density at radius 2 is 1.79 bits per heavy atom. The predicted octanol–water partition coefficient (Wildman–Crippen LogP) is 2.86. The minimum Gasteiger partial charge on any atom is -0.374 e. The topological polar surface area (TPSA) is 80.0 Å². The van der Waals surface area contributed by atoms with Crippen LogP contribution in [0.3, 0.4) is 0 Å². The van der Waals surface area contributed by atoms with Crippen molar-refractivity contribution in [3.8, 4) is 0 Å². The van der Waals surface area contributed by atoms with E-state index in [9.17, 15) is 23.1 Å². The van der Waals surface area contributed by atoms with Crippen molar-refractivity contribution in [1.29, 1.82) is 0 Å². The van der Waals surface area contributed by atoms with Crippen LogP contribution in [0.25, 0.3) is 0 Å². The van der Waals surface area contributed by atoms with Crippen molar-refractivity contribution in [1.82, 2.24) is 19.9 Å². The van der Waals surface area contributed by atoms with Crippen molar-refractivity contribution < 1.29 is 23.1 Å². The van der Waals surface area contributed by atoms with E-state index in [1.54, 1.807) is 48.5 Å². The first-order chi connectivity index (χ1) is 13.7. The number of aromatic nitrogens is 3. The number of nitrogens with zero attached hydrogens (tertiary/aromatic N) is 3. The summed E-state index contributed by atoms with van der Waals surface area (Å²) >= 11 is 0. The maximum Gasteiger partial charge on any atom is 0.425 e. The number of halogens is 3. The fourth-order valence-electron chi connectivity index (χ4n) is 3.03. The van der Waals surface area contributed by atoms with Gasteiger partial charge in [-0.05, 0) is 17.7 Å². The van der Waals surface area contributed by atoms with Gasteiger partial charge in [-0.1, -0.05) is 36.4 Å². The molecule has 2 heterocycles. The van der Waals surface area contributed by atoms with Gasteiger partial charge in [0.25, 0.3) is 0 Å². The maximum atomic E-state index is 13.7. The van der Waals surface area contributed by atoms with Crippen molar-refractivity contribution in [3.05, 3.63) is 84.2 Å². The Morgan fingerprint density at radius 1 is 1.10 bits per heavy atom. The van der Waals surface area contributed by atoms with Gasteiger partial charge in [0.1, 0.15) is 0 Å². The van der Waals surface area contributed by atoms with E-state index in [4.69, 9.17) is 0 Å². The number of carbonyl (C=O) groups excluding carboxylic acids is 1. The largest absolute Gasteiger partial charge is 0.425 e. The number of pyridine rings is 1. The molecule has 2 aromatic heterocycles. The summed E-state index contributed by atoms with van der Waals surface area (Å²) in [4.78, 5) is 20.4. The number of hydrogen-bond acceptors (Lipinski definition) is 4. The highest BCUT2D eigenvalue weighted by Gasteiger charge is 2.58. The molecule has 0 spiro atoms. The quantitative estimate of drug-likeness (QED) is 0.662. The van der Waals surface area contributed by atoms with Gasteiger partial charge in [0.2, 0.25) is 11.5 Å². The lowest BCUT2D eigenvalue weighted by atomic mass is 9.96. The van der Waals surface area contributed by atoms with E-state index in [0.29, 0.717) is 11.3 Å². The van der Waals surface area contributed by atoms with Gasteiger partial charge in [-0.25, -0.2) is 4.98 Å². The molecule has 0 saturated heterocycles. The minimum absolute atomic E-state index is 0.458.